The normalized spacial score (nSPS) is 11.6. The molecule has 0 saturated heterocycles. The second-order valence-corrected chi connectivity index (χ2v) is 4.19. The minimum atomic E-state index is -4.46. The molecule has 1 aromatic heterocycles. The van der Waals surface area contributed by atoms with Crippen LogP contribution in [0.2, 0.25) is 0 Å². The summed E-state index contributed by atoms with van der Waals surface area (Å²) in [6, 6.07) is 6.30. The fourth-order valence-electron chi connectivity index (χ4n) is 1.73. The Morgan fingerprint density at radius 2 is 1.79 bits per heavy atom. The Hall–Kier alpha value is -2.11. The second kappa shape index (κ2) is 4.53. The van der Waals surface area contributed by atoms with E-state index < -0.39 is 11.9 Å². The highest BCUT2D eigenvalue weighted by atomic mass is 19.4. The molecule has 3 nitrogen and oxygen atoms in total. The highest BCUT2D eigenvalue weighted by Crippen LogP contribution is 2.30. The molecule has 0 spiro atoms. The first-order valence-electron chi connectivity index (χ1n) is 5.51. The van der Waals surface area contributed by atoms with Gasteiger partial charge in [-0.2, -0.15) is 13.2 Å². The minimum absolute atomic E-state index is 0.0950. The van der Waals surface area contributed by atoms with Crippen molar-refractivity contribution in [2.75, 3.05) is 0 Å². The number of Topliss-reactive ketones (excluding diaryl/α,β-unsaturated/α-hetero) is 1. The second-order valence-electron chi connectivity index (χ2n) is 4.19. The monoisotopic (exact) mass is 268 g/mol. The number of nitrogens with zero attached hydrogens (tertiary/aromatic N) is 2. The van der Waals surface area contributed by atoms with E-state index in [2.05, 4.69) is 4.98 Å². The summed E-state index contributed by atoms with van der Waals surface area (Å²) in [5, 5.41) is 0. The van der Waals surface area contributed by atoms with Crippen LogP contribution < -0.4 is 0 Å². The third-order valence-electron chi connectivity index (χ3n) is 2.72. The lowest BCUT2D eigenvalue weighted by Gasteiger charge is -2.02. The summed E-state index contributed by atoms with van der Waals surface area (Å²) in [4.78, 5) is 14.7. The summed E-state index contributed by atoms with van der Waals surface area (Å²) in [7, 11) is 1.50. The van der Waals surface area contributed by atoms with Crippen molar-refractivity contribution in [2.24, 2.45) is 7.05 Å². The zero-order chi connectivity index (χ0) is 14.2. The van der Waals surface area contributed by atoms with Gasteiger partial charge < -0.3 is 4.57 Å². The van der Waals surface area contributed by atoms with Crippen LogP contribution >= 0.6 is 0 Å². The van der Waals surface area contributed by atoms with Crippen molar-refractivity contribution < 1.29 is 18.0 Å². The molecule has 0 atom stereocenters. The van der Waals surface area contributed by atoms with Gasteiger partial charge in [-0.3, -0.25) is 4.79 Å². The number of ketones is 1. The van der Waals surface area contributed by atoms with Crippen molar-refractivity contribution in [1.82, 2.24) is 9.55 Å². The summed E-state index contributed by atoms with van der Waals surface area (Å²) < 4.78 is 39.0. The predicted octanol–water partition coefficient (Wildman–Crippen LogP) is 3.31. The molecule has 0 aliphatic carbocycles. The Labute approximate surface area is 107 Å². The summed E-state index contributed by atoms with van der Waals surface area (Å²) in [6.07, 6.45) is -3.52. The van der Waals surface area contributed by atoms with Crippen molar-refractivity contribution in [3.05, 3.63) is 41.7 Å². The zero-order valence-electron chi connectivity index (χ0n) is 10.3. The Kier molecular flexibility index (Phi) is 3.18. The number of benzene rings is 1. The quantitative estimate of drug-likeness (QED) is 0.783. The largest absolute Gasteiger partial charge is 0.434 e. The van der Waals surface area contributed by atoms with E-state index in [4.69, 9.17) is 0 Å². The first kappa shape index (κ1) is 13.3. The van der Waals surface area contributed by atoms with Gasteiger partial charge in [-0.05, 0) is 6.92 Å². The van der Waals surface area contributed by atoms with E-state index in [1.165, 1.54) is 18.5 Å². The van der Waals surface area contributed by atoms with Crippen LogP contribution in [0.4, 0.5) is 13.2 Å². The molecule has 0 N–H and O–H groups in total. The summed E-state index contributed by atoms with van der Waals surface area (Å²) in [6.45, 7) is 1.43. The van der Waals surface area contributed by atoms with Crippen molar-refractivity contribution in [2.45, 2.75) is 13.1 Å². The zero-order valence-corrected chi connectivity index (χ0v) is 10.3. The standard InChI is InChI=1S/C13H11F3N2O/c1-8(19)9-3-5-10(6-4-9)12-17-11(7-18(12)2)13(14,15)16/h3-7H,1-2H3. The average molecular weight is 268 g/mol. The van der Waals surface area contributed by atoms with Gasteiger partial charge in [0.1, 0.15) is 5.82 Å². The number of aromatic nitrogens is 2. The van der Waals surface area contributed by atoms with Crippen molar-refractivity contribution in [3.63, 3.8) is 0 Å². The van der Waals surface area contributed by atoms with E-state index >= 15 is 0 Å². The van der Waals surface area contributed by atoms with Crippen LogP contribution in [-0.2, 0) is 13.2 Å². The smallest absolute Gasteiger partial charge is 0.333 e. The molecule has 0 saturated carbocycles. The lowest BCUT2D eigenvalue weighted by Crippen LogP contribution is -2.04. The minimum Gasteiger partial charge on any atom is -0.333 e. The molecule has 0 bridgehead atoms. The molecule has 2 aromatic rings. The Bertz CT molecular complexity index is 612. The van der Waals surface area contributed by atoms with Gasteiger partial charge in [-0.1, -0.05) is 24.3 Å². The predicted molar refractivity (Wildman–Crippen MR) is 63.7 cm³/mol. The molecule has 0 fully saturated rings. The van der Waals surface area contributed by atoms with Crippen LogP contribution in [-0.4, -0.2) is 15.3 Å². The van der Waals surface area contributed by atoms with Crippen molar-refractivity contribution >= 4 is 5.78 Å². The van der Waals surface area contributed by atoms with Gasteiger partial charge in [0.15, 0.2) is 11.5 Å². The summed E-state index contributed by atoms with van der Waals surface area (Å²) >= 11 is 0. The van der Waals surface area contributed by atoms with Crippen LogP contribution in [0.25, 0.3) is 11.4 Å². The Balaban J connectivity index is 2.42. The van der Waals surface area contributed by atoms with E-state index in [1.54, 1.807) is 24.3 Å². The fraction of sp³-hybridized carbons (Fsp3) is 0.231. The molecular weight excluding hydrogens is 257 g/mol. The Morgan fingerprint density at radius 3 is 2.21 bits per heavy atom. The van der Waals surface area contributed by atoms with Gasteiger partial charge in [0.25, 0.3) is 0 Å². The maximum Gasteiger partial charge on any atom is 0.434 e. The molecule has 0 aliphatic rings. The maximum absolute atomic E-state index is 12.5. The number of alkyl halides is 3. The van der Waals surface area contributed by atoms with E-state index in [0.717, 1.165) is 6.20 Å². The fourth-order valence-corrected chi connectivity index (χ4v) is 1.73. The van der Waals surface area contributed by atoms with Gasteiger partial charge in [0, 0.05) is 24.4 Å². The first-order chi connectivity index (χ1) is 8.79. The van der Waals surface area contributed by atoms with Gasteiger partial charge in [0.05, 0.1) is 0 Å². The molecule has 0 amide bonds. The topological polar surface area (TPSA) is 34.9 Å². The molecule has 100 valence electrons. The number of carbonyl (C=O) groups is 1. The summed E-state index contributed by atoms with van der Waals surface area (Å²) in [5.74, 6) is 0.116. The van der Waals surface area contributed by atoms with Crippen molar-refractivity contribution in [1.29, 1.82) is 0 Å². The molecule has 19 heavy (non-hydrogen) atoms. The highest BCUT2D eigenvalue weighted by molar-refractivity contribution is 5.94. The average Bonchev–Trinajstić information content (AvgIpc) is 2.71. The van der Waals surface area contributed by atoms with Gasteiger partial charge in [0.2, 0.25) is 0 Å². The van der Waals surface area contributed by atoms with Crippen LogP contribution in [0.15, 0.2) is 30.5 Å². The first-order valence-corrected chi connectivity index (χ1v) is 5.51. The molecule has 0 aliphatic heterocycles. The lowest BCUT2D eigenvalue weighted by atomic mass is 10.1. The number of aryl methyl sites for hydroxylation is 1. The molecule has 0 unspecified atom stereocenters. The number of hydrogen-bond donors (Lipinski definition) is 0. The van der Waals surface area contributed by atoms with Gasteiger partial charge >= 0.3 is 6.18 Å². The van der Waals surface area contributed by atoms with E-state index in [-0.39, 0.29) is 11.6 Å². The molecule has 1 aromatic carbocycles. The maximum atomic E-state index is 12.5. The molecular formula is C13H11F3N2O. The molecule has 1 heterocycles. The summed E-state index contributed by atoms with van der Waals surface area (Å²) in [5.41, 5.74) is 0.109. The van der Waals surface area contributed by atoms with E-state index in [0.29, 0.717) is 11.1 Å². The van der Waals surface area contributed by atoms with Crippen LogP contribution in [0.3, 0.4) is 0 Å². The third-order valence-corrected chi connectivity index (χ3v) is 2.72. The number of imidazole rings is 1. The molecule has 6 heteroatoms. The van der Waals surface area contributed by atoms with Crippen LogP contribution in [0.5, 0.6) is 0 Å². The van der Waals surface area contributed by atoms with Crippen LogP contribution in [0, 0.1) is 0 Å². The highest BCUT2D eigenvalue weighted by Gasteiger charge is 2.34. The van der Waals surface area contributed by atoms with E-state index in [9.17, 15) is 18.0 Å². The van der Waals surface area contributed by atoms with Crippen LogP contribution in [0.1, 0.15) is 23.0 Å². The SMILES string of the molecule is CC(=O)c1ccc(-c2nc(C(F)(F)F)cn2C)cc1. The third kappa shape index (κ3) is 2.67. The number of carbonyl (C=O) groups excluding carboxylic acids is 1. The molecule has 2 rings (SSSR count). The Morgan fingerprint density at radius 1 is 1.21 bits per heavy atom. The van der Waals surface area contributed by atoms with E-state index in [1.807, 2.05) is 0 Å². The van der Waals surface area contributed by atoms with Crippen molar-refractivity contribution in [3.8, 4) is 11.4 Å². The number of rotatable bonds is 2. The van der Waals surface area contributed by atoms with Gasteiger partial charge in [-0.15, -0.1) is 0 Å². The number of hydrogen-bond acceptors (Lipinski definition) is 2. The van der Waals surface area contributed by atoms with Gasteiger partial charge in [-0.25, -0.2) is 4.98 Å². The lowest BCUT2D eigenvalue weighted by molar-refractivity contribution is -0.140. The number of halogens is 3. The molecule has 0 radical (unpaired) electrons.